The van der Waals surface area contributed by atoms with Gasteiger partial charge in [0.15, 0.2) is 0 Å². The first-order valence-corrected chi connectivity index (χ1v) is 11.1. The van der Waals surface area contributed by atoms with Gasteiger partial charge in [-0.05, 0) is 12.1 Å². The number of hydrogen-bond donors (Lipinski definition) is 2. The van der Waals surface area contributed by atoms with Crippen LogP contribution in [0.15, 0.2) is 58.5 Å². The molecule has 2 aliphatic rings. The third-order valence-electron chi connectivity index (χ3n) is 3.78. The van der Waals surface area contributed by atoms with Gasteiger partial charge in [-0.2, -0.15) is 0 Å². The summed E-state index contributed by atoms with van der Waals surface area (Å²) in [4.78, 5) is 32.3. The smallest absolute Gasteiger partial charge is 0.257 e. The lowest BCUT2D eigenvalue weighted by Crippen LogP contribution is -2.23. The molecule has 0 atom stereocenters. The van der Waals surface area contributed by atoms with Crippen LogP contribution >= 0.6 is 0 Å². The highest BCUT2D eigenvalue weighted by atomic mass is 16.2. The highest BCUT2D eigenvalue weighted by molar-refractivity contribution is 6.24. The van der Waals surface area contributed by atoms with Gasteiger partial charge >= 0.3 is 0 Å². The maximum absolute atomic E-state index is 11.8. The zero-order valence-electron chi connectivity index (χ0n) is 20.0. The van der Waals surface area contributed by atoms with Crippen molar-refractivity contribution in [3.8, 4) is 0 Å². The fourth-order valence-electron chi connectivity index (χ4n) is 2.69. The quantitative estimate of drug-likeness (QED) is 0.674. The summed E-state index contributed by atoms with van der Waals surface area (Å²) >= 11 is 0. The molecule has 2 aliphatic heterocycles. The van der Waals surface area contributed by atoms with E-state index >= 15 is 0 Å². The molecule has 31 heavy (non-hydrogen) atoms. The molecule has 0 aliphatic carbocycles. The number of amides is 2. The van der Waals surface area contributed by atoms with Crippen LogP contribution < -0.4 is 10.6 Å². The molecule has 0 fully saturated rings. The van der Waals surface area contributed by atoms with E-state index < -0.39 is 0 Å². The van der Waals surface area contributed by atoms with Crippen molar-refractivity contribution in [2.45, 2.75) is 55.4 Å². The minimum atomic E-state index is -0.161. The Morgan fingerprint density at radius 2 is 0.839 bits per heavy atom. The number of hydrogen-bond acceptors (Lipinski definition) is 4. The minimum absolute atomic E-state index is 0.119. The van der Waals surface area contributed by atoms with Crippen LogP contribution in [0.25, 0.3) is 0 Å². The molecule has 0 unspecified atom stereocenters. The van der Waals surface area contributed by atoms with Crippen molar-refractivity contribution < 1.29 is 9.59 Å². The Morgan fingerprint density at radius 1 is 0.548 bits per heavy atom. The predicted octanol–water partition coefficient (Wildman–Crippen LogP) is 5.43. The zero-order valence-corrected chi connectivity index (χ0v) is 20.0. The fourth-order valence-corrected chi connectivity index (χ4v) is 2.69. The van der Waals surface area contributed by atoms with Gasteiger partial charge in [-0.3, -0.25) is 9.59 Å². The van der Waals surface area contributed by atoms with E-state index in [9.17, 15) is 9.59 Å². The number of fused-ring (bicyclic) bond motifs is 2. The summed E-state index contributed by atoms with van der Waals surface area (Å²) in [5, 5.41) is 5.45. The molecule has 0 spiro atoms. The van der Waals surface area contributed by atoms with Gasteiger partial charge in [0, 0.05) is 11.1 Å². The SMILES string of the molecule is CC.CC.CC.CC.O=C1NC(=NCN=C2NC(=O)c3ccccc32)c2ccccc21. The Labute approximate surface area is 186 Å². The number of amidine groups is 2. The van der Waals surface area contributed by atoms with Crippen molar-refractivity contribution in [1.82, 2.24) is 10.6 Å². The number of nitrogens with zero attached hydrogens (tertiary/aromatic N) is 2. The molecule has 6 heteroatoms. The van der Waals surface area contributed by atoms with E-state index in [0.29, 0.717) is 22.8 Å². The number of carbonyl (C=O) groups excluding carboxylic acids is 2. The molecule has 168 valence electrons. The molecule has 2 N–H and O–H groups in total. The van der Waals surface area contributed by atoms with Gasteiger partial charge in [0.2, 0.25) is 0 Å². The Kier molecular flexibility index (Phi) is 13.9. The van der Waals surface area contributed by atoms with Crippen molar-refractivity contribution in [2.75, 3.05) is 6.67 Å². The van der Waals surface area contributed by atoms with Crippen LogP contribution in [-0.2, 0) is 0 Å². The molecule has 6 nitrogen and oxygen atoms in total. The van der Waals surface area contributed by atoms with Gasteiger partial charge in [0.1, 0.15) is 18.3 Å². The summed E-state index contributed by atoms with van der Waals surface area (Å²) in [5.74, 6) is 0.693. The van der Waals surface area contributed by atoms with E-state index in [4.69, 9.17) is 0 Å². The average Bonchev–Trinajstić information content (AvgIpc) is 3.36. The van der Waals surface area contributed by atoms with Gasteiger partial charge < -0.3 is 10.6 Å². The number of carbonyl (C=O) groups is 2. The second kappa shape index (κ2) is 15.5. The lowest BCUT2D eigenvalue weighted by atomic mass is 10.1. The second-order valence-electron chi connectivity index (χ2n) is 5.15. The first-order valence-electron chi connectivity index (χ1n) is 11.1. The van der Waals surface area contributed by atoms with E-state index in [1.165, 1.54) is 0 Å². The Morgan fingerprint density at radius 3 is 1.16 bits per heavy atom. The molecule has 0 aromatic heterocycles. The number of rotatable bonds is 2. The van der Waals surface area contributed by atoms with E-state index in [2.05, 4.69) is 20.6 Å². The molecule has 2 amide bonds. The largest absolute Gasteiger partial charge is 0.306 e. The second-order valence-corrected chi connectivity index (χ2v) is 5.15. The van der Waals surface area contributed by atoms with Crippen LogP contribution in [0.5, 0.6) is 0 Å². The molecule has 0 radical (unpaired) electrons. The number of nitrogens with one attached hydrogen (secondary N) is 2. The Balaban J connectivity index is 0.00000102. The monoisotopic (exact) mass is 424 g/mol. The van der Waals surface area contributed by atoms with E-state index in [1.54, 1.807) is 12.1 Å². The molecule has 0 bridgehead atoms. The molecule has 4 rings (SSSR count). The van der Waals surface area contributed by atoms with E-state index in [0.717, 1.165) is 11.1 Å². The van der Waals surface area contributed by atoms with Crippen molar-refractivity contribution in [2.24, 2.45) is 9.98 Å². The maximum atomic E-state index is 11.8. The molecule has 2 aromatic rings. The third kappa shape index (κ3) is 6.88. The van der Waals surface area contributed by atoms with Crippen LogP contribution in [-0.4, -0.2) is 30.2 Å². The average molecular weight is 425 g/mol. The summed E-state index contributed by atoms with van der Waals surface area (Å²) in [7, 11) is 0. The van der Waals surface area contributed by atoms with Crippen LogP contribution in [0.4, 0.5) is 0 Å². The Hall–Kier alpha value is -3.28. The molecule has 2 aromatic carbocycles. The zero-order chi connectivity index (χ0) is 23.8. The van der Waals surface area contributed by atoms with Gasteiger partial charge in [-0.15, -0.1) is 0 Å². The maximum Gasteiger partial charge on any atom is 0.257 e. The first kappa shape index (κ1) is 27.7. The van der Waals surface area contributed by atoms with Crippen molar-refractivity contribution in [3.63, 3.8) is 0 Å². The highest BCUT2D eigenvalue weighted by Crippen LogP contribution is 2.17. The van der Waals surface area contributed by atoms with Gasteiger partial charge in [0.25, 0.3) is 11.8 Å². The topological polar surface area (TPSA) is 82.9 Å². The molecule has 2 heterocycles. The van der Waals surface area contributed by atoms with Gasteiger partial charge in [-0.1, -0.05) is 91.8 Å². The summed E-state index contributed by atoms with van der Waals surface area (Å²) in [6.45, 7) is 16.1. The van der Waals surface area contributed by atoms with E-state index in [-0.39, 0.29) is 18.5 Å². The van der Waals surface area contributed by atoms with Crippen molar-refractivity contribution >= 4 is 23.5 Å². The van der Waals surface area contributed by atoms with Crippen molar-refractivity contribution in [1.29, 1.82) is 0 Å². The van der Waals surface area contributed by atoms with Gasteiger partial charge in [-0.25, -0.2) is 9.98 Å². The summed E-state index contributed by atoms with van der Waals surface area (Å²) < 4.78 is 0. The third-order valence-corrected chi connectivity index (χ3v) is 3.78. The van der Waals surface area contributed by atoms with Gasteiger partial charge in [0.05, 0.1) is 11.1 Å². The highest BCUT2D eigenvalue weighted by Gasteiger charge is 2.25. The fraction of sp³-hybridized carbons (Fsp3) is 0.360. The molecule has 0 saturated heterocycles. The lowest BCUT2D eigenvalue weighted by molar-refractivity contribution is 0.0975. The normalized spacial score (nSPS) is 14.7. The van der Waals surface area contributed by atoms with Crippen LogP contribution in [0.2, 0.25) is 0 Å². The standard InChI is InChI=1S/C17H12N4O2.4C2H6/c22-16-12-7-3-1-5-10(12)14(20-16)18-9-19-15-11-6-2-4-8-13(11)17(23)21-15;4*1-2/h1-8H,9H2,(H,18,20,22)(H,19,21,23);4*1-2H3. The van der Waals surface area contributed by atoms with E-state index in [1.807, 2.05) is 91.8 Å². The lowest BCUT2D eigenvalue weighted by Gasteiger charge is -1.99. The molecule has 0 saturated carbocycles. The summed E-state index contributed by atoms with van der Waals surface area (Å²) in [5.41, 5.74) is 2.76. The van der Waals surface area contributed by atoms with Crippen LogP contribution in [0.1, 0.15) is 87.2 Å². The molecular weight excluding hydrogens is 388 g/mol. The number of benzene rings is 2. The van der Waals surface area contributed by atoms with Crippen LogP contribution in [0, 0.1) is 0 Å². The minimum Gasteiger partial charge on any atom is -0.306 e. The first-order chi connectivity index (χ1) is 15.2. The summed E-state index contributed by atoms with van der Waals surface area (Å²) in [6, 6.07) is 14.5. The van der Waals surface area contributed by atoms with Crippen molar-refractivity contribution in [3.05, 3.63) is 70.8 Å². The van der Waals surface area contributed by atoms with Crippen LogP contribution in [0.3, 0.4) is 0 Å². The molecular formula is C25H36N4O2. The predicted molar refractivity (Wildman–Crippen MR) is 131 cm³/mol. The number of aliphatic imine (C=N–C) groups is 2. The Bertz CT molecular complexity index is 828. The summed E-state index contributed by atoms with van der Waals surface area (Å²) in [6.07, 6.45) is 0.